The Morgan fingerprint density at radius 3 is 2.68 bits per heavy atom. The van der Waals surface area contributed by atoms with Crippen molar-refractivity contribution in [3.05, 3.63) is 29.8 Å². The van der Waals surface area contributed by atoms with Crippen molar-refractivity contribution in [3.8, 4) is 5.69 Å². The lowest BCUT2D eigenvalue weighted by molar-refractivity contribution is -0.136. The molecule has 0 amide bonds. The number of aliphatic carboxylic acids is 1. The minimum absolute atomic E-state index is 0.0389. The van der Waals surface area contributed by atoms with Gasteiger partial charge in [-0.2, -0.15) is 4.68 Å². The Hall–Kier alpha value is -2.44. The van der Waals surface area contributed by atoms with Gasteiger partial charge >= 0.3 is 5.97 Å². The normalized spacial score (nSPS) is 10.4. The van der Waals surface area contributed by atoms with Crippen LogP contribution in [0, 0.1) is 6.92 Å². The predicted molar refractivity (Wildman–Crippen MR) is 69.4 cm³/mol. The Balaban J connectivity index is 2.21. The number of aryl methyl sites for hydroxylation is 1. The SMILES string of the molecule is Cc1ccc(-n2nnnc2N(C)CCC(=O)O)cc1. The molecule has 0 atom stereocenters. The molecule has 1 heterocycles. The Bertz CT molecular complexity index is 564. The van der Waals surface area contributed by atoms with E-state index in [0.29, 0.717) is 12.5 Å². The molecule has 0 spiro atoms. The second kappa shape index (κ2) is 5.47. The maximum Gasteiger partial charge on any atom is 0.305 e. The van der Waals surface area contributed by atoms with E-state index >= 15 is 0 Å². The number of carboxylic acids is 1. The first-order valence-corrected chi connectivity index (χ1v) is 5.86. The Morgan fingerprint density at radius 1 is 1.37 bits per heavy atom. The number of aromatic nitrogens is 4. The number of nitrogens with zero attached hydrogens (tertiary/aromatic N) is 5. The second-order valence-electron chi connectivity index (χ2n) is 4.29. The Labute approximate surface area is 110 Å². The van der Waals surface area contributed by atoms with Crippen LogP contribution in [-0.4, -0.2) is 44.9 Å². The van der Waals surface area contributed by atoms with Crippen LogP contribution in [0.1, 0.15) is 12.0 Å². The minimum atomic E-state index is -0.846. The molecule has 2 rings (SSSR count). The molecule has 1 N–H and O–H groups in total. The van der Waals surface area contributed by atoms with Crippen LogP contribution in [0.4, 0.5) is 5.95 Å². The van der Waals surface area contributed by atoms with Crippen molar-refractivity contribution in [1.29, 1.82) is 0 Å². The van der Waals surface area contributed by atoms with Gasteiger partial charge in [0.05, 0.1) is 12.1 Å². The van der Waals surface area contributed by atoms with Crippen LogP contribution in [0.25, 0.3) is 5.69 Å². The summed E-state index contributed by atoms with van der Waals surface area (Å²) in [6.07, 6.45) is 0.0389. The minimum Gasteiger partial charge on any atom is -0.481 e. The molecular formula is C12H15N5O2. The van der Waals surface area contributed by atoms with E-state index in [0.717, 1.165) is 11.3 Å². The molecule has 0 bridgehead atoms. The van der Waals surface area contributed by atoms with Crippen molar-refractivity contribution in [2.45, 2.75) is 13.3 Å². The summed E-state index contributed by atoms with van der Waals surface area (Å²) in [6, 6.07) is 7.77. The van der Waals surface area contributed by atoms with Crippen molar-refractivity contribution in [3.63, 3.8) is 0 Å². The zero-order valence-corrected chi connectivity index (χ0v) is 10.8. The van der Waals surface area contributed by atoms with Crippen molar-refractivity contribution in [2.75, 3.05) is 18.5 Å². The Kier molecular flexibility index (Phi) is 3.74. The van der Waals surface area contributed by atoms with Gasteiger partial charge in [0.1, 0.15) is 0 Å². The zero-order valence-electron chi connectivity index (χ0n) is 10.8. The third kappa shape index (κ3) is 3.06. The molecule has 0 aliphatic rings. The van der Waals surface area contributed by atoms with Crippen LogP contribution in [0.3, 0.4) is 0 Å². The van der Waals surface area contributed by atoms with E-state index in [2.05, 4.69) is 15.5 Å². The number of carbonyl (C=O) groups is 1. The van der Waals surface area contributed by atoms with Gasteiger partial charge in [0.25, 0.3) is 0 Å². The van der Waals surface area contributed by atoms with Crippen molar-refractivity contribution < 1.29 is 9.90 Å². The molecule has 0 unspecified atom stereocenters. The molecule has 2 aromatic rings. The summed E-state index contributed by atoms with van der Waals surface area (Å²) >= 11 is 0. The number of carboxylic acid groups (broad SMARTS) is 1. The van der Waals surface area contributed by atoms with Gasteiger partial charge in [0.2, 0.25) is 5.95 Å². The summed E-state index contributed by atoms with van der Waals surface area (Å²) in [5, 5.41) is 20.2. The molecular weight excluding hydrogens is 246 g/mol. The summed E-state index contributed by atoms with van der Waals surface area (Å²) in [5.74, 6) is -0.327. The molecule has 0 saturated carbocycles. The van der Waals surface area contributed by atoms with Crippen molar-refractivity contribution in [2.24, 2.45) is 0 Å². The summed E-state index contributed by atoms with van der Waals surface area (Å²) < 4.78 is 1.58. The van der Waals surface area contributed by atoms with E-state index in [-0.39, 0.29) is 6.42 Å². The average molecular weight is 261 g/mol. The standard InChI is InChI=1S/C12H15N5O2/c1-9-3-5-10(6-4-9)17-12(13-14-15-17)16(2)8-7-11(18)19/h3-6H,7-8H2,1-2H3,(H,18,19). The van der Waals surface area contributed by atoms with E-state index in [1.54, 1.807) is 16.6 Å². The van der Waals surface area contributed by atoms with Crippen LogP contribution in [-0.2, 0) is 4.79 Å². The van der Waals surface area contributed by atoms with E-state index in [9.17, 15) is 4.79 Å². The lowest BCUT2D eigenvalue weighted by atomic mass is 10.2. The van der Waals surface area contributed by atoms with Gasteiger partial charge in [-0.25, -0.2) is 0 Å². The molecule has 0 aliphatic carbocycles. The van der Waals surface area contributed by atoms with Gasteiger partial charge in [-0.1, -0.05) is 22.8 Å². The summed E-state index contributed by atoms with van der Waals surface area (Å²) in [4.78, 5) is 12.3. The molecule has 1 aromatic heterocycles. The van der Waals surface area contributed by atoms with Gasteiger partial charge in [-0.15, -0.1) is 0 Å². The third-order valence-corrected chi connectivity index (χ3v) is 2.73. The molecule has 100 valence electrons. The van der Waals surface area contributed by atoms with Gasteiger partial charge in [-0.05, 0) is 29.5 Å². The highest BCUT2D eigenvalue weighted by Crippen LogP contribution is 2.15. The zero-order chi connectivity index (χ0) is 13.8. The van der Waals surface area contributed by atoms with Crippen molar-refractivity contribution >= 4 is 11.9 Å². The van der Waals surface area contributed by atoms with Gasteiger partial charge < -0.3 is 10.0 Å². The van der Waals surface area contributed by atoms with E-state index < -0.39 is 5.97 Å². The number of anilines is 1. The summed E-state index contributed by atoms with van der Waals surface area (Å²) in [7, 11) is 1.76. The molecule has 7 heteroatoms. The van der Waals surface area contributed by atoms with Crippen LogP contribution in [0.15, 0.2) is 24.3 Å². The first-order valence-electron chi connectivity index (χ1n) is 5.86. The molecule has 0 aliphatic heterocycles. The van der Waals surface area contributed by atoms with Gasteiger partial charge in [-0.3, -0.25) is 4.79 Å². The smallest absolute Gasteiger partial charge is 0.305 e. The molecule has 0 radical (unpaired) electrons. The first-order chi connectivity index (χ1) is 9.08. The summed E-state index contributed by atoms with van der Waals surface area (Å²) in [5.41, 5.74) is 1.99. The molecule has 0 saturated heterocycles. The fourth-order valence-electron chi connectivity index (χ4n) is 1.64. The first kappa shape index (κ1) is 13.0. The third-order valence-electron chi connectivity index (χ3n) is 2.73. The second-order valence-corrected chi connectivity index (χ2v) is 4.29. The average Bonchev–Trinajstić information content (AvgIpc) is 2.86. The highest BCUT2D eigenvalue weighted by molar-refractivity contribution is 5.67. The molecule has 19 heavy (non-hydrogen) atoms. The lowest BCUT2D eigenvalue weighted by Crippen LogP contribution is -2.24. The van der Waals surface area contributed by atoms with E-state index in [1.807, 2.05) is 31.2 Å². The predicted octanol–water partition coefficient (Wildman–Crippen LogP) is 0.882. The van der Waals surface area contributed by atoms with E-state index in [4.69, 9.17) is 5.11 Å². The number of rotatable bonds is 5. The van der Waals surface area contributed by atoms with Crippen molar-refractivity contribution in [1.82, 2.24) is 20.2 Å². The molecule has 7 nitrogen and oxygen atoms in total. The maximum absolute atomic E-state index is 10.6. The fraction of sp³-hybridized carbons (Fsp3) is 0.333. The monoisotopic (exact) mass is 261 g/mol. The van der Waals surface area contributed by atoms with Crippen LogP contribution in [0.2, 0.25) is 0 Å². The van der Waals surface area contributed by atoms with Crippen LogP contribution >= 0.6 is 0 Å². The number of hydrogen-bond donors (Lipinski definition) is 1. The maximum atomic E-state index is 10.6. The number of benzene rings is 1. The largest absolute Gasteiger partial charge is 0.481 e. The Morgan fingerprint density at radius 2 is 2.05 bits per heavy atom. The van der Waals surface area contributed by atoms with Gasteiger partial charge in [0.15, 0.2) is 0 Å². The molecule has 1 aromatic carbocycles. The summed E-state index contributed by atoms with van der Waals surface area (Å²) in [6.45, 7) is 2.35. The van der Waals surface area contributed by atoms with E-state index in [1.165, 1.54) is 0 Å². The topological polar surface area (TPSA) is 84.1 Å². The van der Waals surface area contributed by atoms with Gasteiger partial charge in [0, 0.05) is 13.6 Å². The highest BCUT2D eigenvalue weighted by Gasteiger charge is 2.13. The van der Waals surface area contributed by atoms with Crippen LogP contribution < -0.4 is 4.90 Å². The lowest BCUT2D eigenvalue weighted by Gasteiger charge is -2.16. The molecule has 0 fully saturated rings. The van der Waals surface area contributed by atoms with Crippen LogP contribution in [0.5, 0.6) is 0 Å². The highest BCUT2D eigenvalue weighted by atomic mass is 16.4. The quantitative estimate of drug-likeness (QED) is 0.860. The number of hydrogen-bond acceptors (Lipinski definition) is 5. The number of tetrazole rings is 1. The fourth-order valence-corrected chi connectivity index (χ4v) is 1.64.